The Morgan fingerprint density at radius 3 is 2.93 bits per heavy atom. The second-order valence-corrected chi connectivity index (χ2v) is 5.42. The minimum atomic E-state index is -0.232. The first kappa shape index (κ1) is 11.4. The number of amides is 1. The van der Waals surface area contributed by atoms with Gasteiger partial charge < -0.3 is 4.90 Å². The van der Waals surface area contributed by atoms with Gasteiger partial charge in [0.15, 0.2) is 0 Å². The lowest BCUT2D eigenvalue weighted by Gasteiger charge is -2.27. The predicted molar refractivity (Wildman–Crippen MR) is 58.0 cm³/mol. The lowest BCUT2D eigenvalue weighted by Crippen LogP contribution is -2.41. The standard InChI is InChI=1S/C10H16N2OS/c1-10(5-3-8-14-10)9(13)12(2)7-4-6-11/h3-5,7-8H2,1-2H3. The molecule has 1 amide bonds. The average Bonchev–Trinajstić information content (AvgIpc) is 2.61. The van der Waals surface area contributed by atoms with Gasteiger partial charge in [-0.15, -0.1) is 11.8 Å². The maximum absolute atomic E-state index is 12.0. The van der Waals surface area contributed by atoms with Crippen molar-refractivity contribution < 1.29 is 4.79 Å². The minimum Gasteiger partial charge on any atom is -0.344 e. The summed E-state index contributed by atoms with van der Waals surface area (Å²) in [4.78, 5) is 13.7. The molecular formula is C10H16N2OS. The van der Waals surface area contributed by atoms with Gasteiger partial charge in [0, 0.05) is 13.6 Å². The summed E-state index contributed by atoms with van der Waals surface area (Å²) in [7, 11) is 1.78. The molecule has 0 saturated carbocycles. The van der Waals surface area contributed by atoms with Gasteiger partial charge in [-0.1, -0.05) is 0 Å². The van der Waals surface area contributed by atoms with E-state index in [9.17, 15) is 4.79 Å². The molecular weight excluding hydrogens is 196 g/mol. The van der Waals surface area contributed by atoms with Gasteiger partial charge in [-0.3, -0.25) is 4.79 Å². The van der Waals surface area contributed by atoms with Crippen LogP contribution in [-0.4, -0.2) is 34.9 Å². The van der Waals surface area contributed by atoms with Crippen molar-refractivity contribution in [1.29, 1.82) is 5.26 Å². The monoisotopic (exact) mass is 212 g/mol. The average molecular weight is 212 g/mol. The Morgan fingerprint density at radius 1 is 1.71 bits per heavy atom. The maximum Gasteiger partial charge on any atom is 0.238 e. The number of hydrogen-bond donors (Lipinski definition) is 0. The van der Waals surface area contributed by atoms with E-state index in [0.29, 0.717) is 13.0 Å². The number of rotatable bonds is 3. The fourth-order valence-corrected chi connectivity index (χ4v) is 2.98. The van der Waals surface area contributed by atoms with Crippen molar-refractivity contribution in [2.75, 3.05) is 19.3 Å². The number of carbonyl (C=O) groups is 1. The van der Waals surface area contributed by atoms with Crippen LogP contribution >= 0.6 is 11.8 Å². The number of carbonyl (C=O) groups excluding carboxylic acids is 1. The van der Waals surface area contributed by atoms with Gasteiger partial charge in [-0.25, -0.2) is 0 Å². The molecule has 0 N–H and O–H groups in total. The molecule has 78 valence electrons. The third kappa shape index (κ3) is 2.42. The lowest BCUT2D eigenvalue weighted by atomic mass is 10.0. The van der Waals surface area contributed by atoms with Gasteiger partial charge >= 0.3 is 0 Å². The van der Waals surface area contributed by atoms with Crippen molar-refractivity contribution >= 4 is 17.7 Å². The number of nitriles is 1. The third-order valence-corrected chi connectivity index (χ3v) is 4.09. The van der Waals surface area contributed by atoms with Crippen LogP contribution in [-0.2, 0) is 4.79 Å². The first-order chi connectivity index (χ1) is 6.60. The Labute approximate surface area is 89.5 Å². The zero-order valence-corrected chi connectivity index (χ0v) is 9.56. The molecule has 1 saturated heterocycles. The summed E-state index contributed by atoms with van der Waals surface area (Å²) in [6, 6.07) is 2.06. The van der Waals surface area contributed by atoms with E-state index in [-0.39, 0.29) is 10.7 Å². The molecule has 1 rings (SSSR count). The highest BCUT2D eigenvalue weighted by atomic mass is 32.2. The summed E-state index contributed by atoms with van der Waals surface area (Å²) in [6.07, 6.45) is 2.51. The molecule has 0 aromatic heterocycles. The molecule has 4 heteroatoms. The van der Waals surface area contributed by atoms with E-state index in [4.69, 9.17) is 5.26 Å². The summed E-state index contributed by atoms with van der Waals surface area (Å²) in [5, 5.41) is 8.43. The van der Waals surface area contributed by atoms with Crippen molar-refractivity contribution in [1.82, 2.24) is 4.90 Å². The van der Waals surface area contributed by atoms with E-state index >= 15 is 0 Å². The van der Waals surface area contributed by atoms with Crippen LogP contribution in [0.25, 0.3) is 0 Å². The Hall–Kier alpha value is -0.690. The molecule has 1 aliphatic heterocycles. The van der Waals surface area contributed by atoms with Crippen LogP contribution in [0.2, 0.25) is 0 Å². The highest BCUT2D eigenvalue weighted by Crippen LogP contribution is 2.38. The number of hydrogen-bond acceptors (Lipinski definition) is 3. The molecule has 1 unspecified atom stereocenters. The summed E-state index contributed by atoms with van der Waals surface area (Å²) in [5.74, 6) is 1.25. The molecule has 0 aromatic rings. The van der Waals surface area contributed by atoms with Gasteiger partial charge in [-0.2, -0.15) is 5.26 Å². The van der Waals surface area contributed by atoms with Crippen LogP contribution in [0.15, 0.2) is 0 Å². The fourth-order valence-electron chi connectivity index (χ4n) is 1.67. The molecule has 3 nitrogen and oxygen atoms in total. The highest BCUT2D eigenvalue weighted by Gasteiger charge is 2.38. The van der Waals surface area contributed by atoms with Gasteiger partial charge in [0.05, 0.1) is 17.2 Å². The van der Waals surface area contributed by atoms with E-state index in [1.807, 2.05) is 6.92 Å². The molecule has 14 heavy (non-hydrogen) atoms. The summed E-state index contributed by atoms with van der Waals surface area (Å²) < 4.78 is -0.232. The Bertz CT molecular complexity index is 253. The normalized spacial score (nSPS) is 25.8. The van der Waals surface area contributed by atoms with Gasteiger partial charge in [-0.05, 0) is 25.5 Å². The first-order valence-electron chi connectivity index (χ1n) is 4.86. The lowest BCUT2D eigenvalue weighted by molar-refractivity contribution is -0.132. The van der Waals surface area contributed by atoms with Crippen molar-refractivity contribution in [3.8, 4) is 6.07 Å². The molecule has 0 aliphatic carbocycles. The second kappa shape index (κ2) is 4.70. The molecule has 1 heterocycles. The highest BCUT2D eigenvalue weighted by molar-refractivity contribution is 8.01. The zero-order chi connectivity index (χ0) is 10.6. The van der Waals surface area contributed by atoms with Gasteiger partial charge in [0.1, 0.15) is 0 Å². The van der Waals surface area contributed by atoms with E-state index < -0.39 is 0 Å². The van der Waals surface area contributed by atoms with Crippen molar-refractivity contribution in [2.24, 2.45) is 0 Å². The van der Waals surface area contributed by atoms with E-state index in [1.165, 1.54) is 0 Å². The van der Waals surface area contributed by atoms with E-state index in [2.05, 4.69) is 6.07 Å². The quantitative estimate of drug-likeness (QED) is 0.714. The third-order valence-electron chi connectivity index (χ3n) is 2.58. The molecule has 0 aromatic carbocycles. The minimum absolute atomic E-state index is 0.176. The summed E-state index contributed by atoms with van der Waals surface area (Å²) in [5.41, 5.74) is 0. The number of nitrogens with zero attached hydrogens (tertiary/aromatic N) is 2. The molecule has 0 bridgehead atoms. The van der Waals surface area contributed by atoms with Crippen LogP contribution in [0.1, 0.15) is 26.2 Å². The van der Waals surface area contributed by atoms with E-state index in [0.717, 1.165) is 18.6 Å². The summed E-state index contributed by atoms with van der Waals surface area (Å²) in [6.45, 7) is 2.56. The van der Waals surface area contributed by atoms with Crippen molar-refractivity contribution in [3.63, 3.8) is 0 Å². The Kier molecular flexibility index (Phi) is 3.82. The van der Waals surface area contributed by atoms with Crippen LogP contribution in [0, 0.1) is 11.3 Å². The van der Waals surface area contributed by atoms with Crippen LogP contribution in [0.3, 0.4) is 0 Å². The zero-order valence-electron chi connectivity index (χ0n) is 8.75. The van der Waals surface area contributed by atoms with Crippen molar-refractivity contribution in [2.45, 2.75) is 30.9 Å². The number of thioether (sulfide) groups is 1. The Morgan fingerprint density at radius 2 is 2.43 bits per heavy atom. The molecule has 0 radical (unpaired) electrons. The van der Waals surface area contributed by atoms with Crippen LogP contribution in [0.4, 0.5) is 0 Å². The van der Waals surface area contributed by atoms with Crippen molar-refractivity contribution in [3.05, 3.63) is 0 Å². The predicted octanol–water partition coefficient (Wildman–Crippen LogP) is 1.64. The molecule has 1 aliphatic rings. The topological polar surface area (TPSA) is 44.1 Å². The largest absolute Gasteiger partial charge is 0.344 e. The van der Waals surface area contributed by atoms with Crippen LogP contribution < -0.4 is 0 Å². The molecule has 1 fully saturated rings. The summed E-state index contributed by atoms with van der Waals surface area (Å²) >= 11 is 1.74. The van der Waals surface area contributed by atoms with Crippen LogP contribution in [0.5, 0.6) is 0 Å². The van der Waals surface area contributed by atoms with Gasteiger partial charge in [0.25, 0.3) is 0 Å². The van der Waals surface area contributed by atoms with E-state index in [1.54, 1.807) is 23.7 Å². The molecule has 0 spiro atoms. The Balaban J connectivity index is 2.51. The SMILES string of the molecule is CN(CCC#N)C(=O)C1(C)CCCS1. The first-order valence-corrected chi connectivity index (χ1v) is 5.85. The smallest absolute Gasteiger partial charge is 0.238 e. The van der Waals surface area contributed by atoms with Gasteiger partial charge in [0.2, 0.25) is 5.91 Å². The fraction of sp³-hybridized carbons (Fsp3) is 0.800. The second-order valence-electron chi connectivity index (χ2n) is 3.82. The molecule has 1 atom stereocenters. The maximum atomic E-state index is 12.0.